The molecule has 5 nitrogen and oxygen atoms in total. The van der Waals surface area contributed by atoms with Crippen molar-refractivity contribution in [3.8, 4) is 0 Å². The van der Waals surface area contributed by atoms with Gasteiger partial charge in [0.15, 0.2) is 5.96 Å². The Morgan fingerprint density at radius 3 is 2.68 bits per heavy atom. The summed E-state index contributed by atoms with van der Waals surface area (Å²) in [6.07, 6.45) is 1.03. The molecular formula is C18H32FIN4O. The van der Waals surface area contributed by atoms with Gasteiger partial charge in [0.2, 0.25) is 0 Å². The van der Waals surface area contributed by atoms with E-state index in [1.807, 2.05) is 13.0 Å². The predicted molar refractivity (Wildman–Crippen MR) is 113 cm³/mol. The van der Waals surface area contributed by atoms with Crippen molar-refractivity contribution in [2.45, 2.75) is 26.8 Å². The molecule has 0 bridgehead atoms. The first kappa shape index (κ1) is 24.1. The maximum Gasteiger partial charge on any atom is 0.191 e. The first-order chi connectivity index (χ1) is 11.6. The Balaban J connectivity index is 0.00000576. The minimum absolute atomic E-state index is 0. The van der Waals surface area contributed by atoms with Crippen molar-refractivity contribution in [2.75, 3.05) is 46.9 Å². The number of likely N-dealkylation sites (N-methyl/N-ethyl adjacent to an activating group) is 1. The van der Waals surface area contributed by atoms with Gasteiger partial charge in [-0.05, 0) is 44.5 Å². The largest absolute Gasteiger partial charge is 0.385 e. The summed E-state index contributed by atoms with van der Waals surface area (Å²) >= 11 is 0. The molecule has 1 aromatic rings. The number of hydrogen-bond acceptors (Lipinski definition) is 3. The molecule has 7 heteroatoms. The van der Waals surface area contributed by atoms with E-state index in [0.717, 1.165) is 50.7 Å². The molecule has 0 heterocycles. The highest BCUT2D eigenvalue weighted by Crippen LogP contribution is 2.09. The summed E-state index contributed by atoms with van der Waals surface area (Å²) in [5.41, 5.74) is 1.65. The summed E-state index contributed by atoms with van der Waals surface area (Å²) in [5, 5.41) is 6.56. The molecule has 25 heavy (non-hydrogen) atoms. The lowest BCUT2D eigenvalue weighted by molar-refractivity contribution is 0.180. The van der Waals surface area contributed by atoms with Crippen molar-refractivity contribution in [1.82, 2.24) is 15.5 Å². The topological polar surface area (TPSA) is 48.9 Å². The normalized spacial score (nSPS) is 11.4. The van der Waals surface area contributed by atoms with Crippen LogP contribution in [0.5, 0.6) is 0 Å². The van der Waals surface area contributed by atoms with Crippen molar-refractivity contribution < 1.29 is 9.13 Å². The lowest BCUT2D eigenvalue weighted by Gasteiger charge is -2.18. The molecule has 144 valence electrons. The van der Waals surface area contributed by atoms with Crippen LogP contribution in [0.25, 0.3) is 0 Å². The van der Waals surface area contributed by atoms with Crippen molar-refractivity contribution in [1.29, 1.82) is 0 Å². The van der Waals surface area contributed by atoms with Gasteiger partial charge in [0, 0.05) is 39.9 Å². The third-order valence-corrected chi connectivity index (χ3v) is 3.66. The minimum Gasteiger partial charge on any atom is -0.385 e. The van der Waals surface area contributed by atoms with Crippen LogP contribution < -0.4 is 10.6 Å². The maximum absolute atomic E-state index is 13.3. The summed E-state index contributed by atoms with van der Waals surface area (Å²) < 4.78 is 18.4. The van der Waals surface area contributed by atoms with Crippen molar-refractivity contribution in [2.24, 2.45) is 4.99 Å². The van der Waals surface area contributed by atoms with Crippen LogP contribution in [-0.2, 0) is 11.3 Å². The number of guanidine groups is 1. The number of hydrogen-bond donors (Lipinski definition) is 2. The molecule has 0 radical (unpaired) electrons. The van der Waals surface area contributed by atoms with Gasteiger partial charge in [-0.2, -0.15) is 0 Å². The molecule has 0 amide bonds. The van der Waals surface area contributed by atoms with E-state index in [1.165, 1.54) is 6.07 Å². The smallest absolute Gasteiger partial charge is 0.191 e. The molecule has 0 saturated carbocycles. The summed E-state index contributed by atoms with van der Waals surface area (Å²) in [4.78, 5) is 6.82. The molecule has 1 rings (SSSR count). The number of aryl methyl sites for hydroxylation is 1. The maximum atomic E-state index is 13.3. The molecule has 0 aliphatic heterocycles. The Morgan fingerprint density at radius 2 is 2.04 bits per heavy atom. The van der Waals surface area contributed by atoms with E-state index >= 15 is 0 Å². The molecule has 0 saturated heterocycles. The molecule has 0 spiro atoms. The highest BCUT2D eigenvalue weighted by atomic mass is 127. The Kier molecular flexibility index (Phi) is 13.7. The fourth-order valence-corrected chi connectivity index (χ4v) is 2.27. The standard InChI is InChI=1S/C18H31FN4O.HI/c1-5-20-18(21-9-11-23(3)10-6-12-24-4)22-14-16-7-8-17(19)15(2)13-16;/h7-8,13H,5-6,9-12,14H2,1-4H3,(H2,20,21,22);1H. The minimum atomic E-state index is -0.177. The fourth-order valence-electron chi connectivity index (χ4n) is 2.27. The van der Waals surface area contributed by atoms with Gasteiger partial charge < -0.3 is 20.3 Å². The number of benzene rings is 1. The molecule has 0 aliphatic carbocycles. The first-order valence-electron chi connectivity index (χ1n) is 8.51. The number of methoxy groups -OCH3 is 1. The molecular weight excluding hydrogens is 434 g/mol. The van der Waals surface area contributed by atoms with Crippen LogP contribution in [0.4, 0.5) is 4.39 Å². The zero-order chi connectivity index (χ0) is 17.8. The average molecular weight is 466 g/mol. The second-order valence-corrected chi connectivity index (χ2v) is 5.86. The van der Waals surface area contributed by atoms with Crippen LogP contribution in [-0.4, -0.2) is 57.8 Å². The summed E-state index contributed by atoms with van der Waals surface area (Å²) in [5.74, 6) is 0.606. The van der Waals surface area contributed by atoms with Gasteiger partial charge >= 0.3 is 0 Å². The third-order valence-electron chi connectivity index (χ3n) is 3.66. The molecule has 1 aromatic carbocycles. The Hall–Kier alpha value is -0.930. The van der Waals surface area contributed by atoms with Gasteiger partial charge in [-0.1, -0.05) is 12.1 Å². The average Bonchev–Trinajstić information content (AvgIpc) is 2.56. The summed E-state index contributed by atoms with van der Waals surface area (Å²) in [6.45, 7) is 8.69. The van der Waals surface area contributed by atoms with Gasteiger partial charge in [-0.3, -0.25) is 0 Å². The molecule has 0 unspecified atom stereocenters. The monoisotopic (exact) mass is 466 g/mol. The Morgan fingerprint density at radius 1 is 1.28 bits per heavy atom. The van der Waals surface area contributed by atoms with Gasteiger partial charge in [0.05, 0.1) is 6.54 Å². The second-order valence-electron chi connectivity index (χ2n) is 5.86. The van der Waals surface area contributed by atoms with Crippen molar-refractivity contribution >= 4 is 29.9 Å². The van der Waals surface area contributed by atoms with Crippen LogP contribution in [0.3, 0.4) is 0 Å². The summed E-state index contributed by atoms with van der Waals surface area (Å²) in [7, 11) is 3.83. The molecule has 0 atom stereocenters. The van der Waals surface area contributed by atoms with Gasteiger partial charge in [-0.25, -0.2) is 9.38 Å². The highest BCUT2D eigenvalue weighted by Gasteiger charge is 2.02. The lowest BCUT2D eigenvalue weighted by Crippen LogP contribution is -2.41. The van der Waals surface area contributed by atoms with Crippen LogP contribution in [0.1, 0.15) is 24.5 Å². The molecule has 0 fully saturated rings. The van der Waals surface area contributed by atoms with E-state index in [1.54, 1.807) is 20.1 Å². The van der Waals surface area contributed by atoms with E-state index in [0.29, 0.717) is 12.1 Å². The van der Waals surface area contributed by atoms with E-state index < -0.39 is 0 Å². The van der Waals surface area contributed by atoms with Crippen LogP contribution in [0.2, 0.25) is 0 Å². The number of nitrogens with zero attached hydrogens (tertiary/aromatic N) is 2. The highest BCUT2D eigenvalue weighted by molar-refractivity contribution is 14.0. The Bertz CT molecular complexity index is 514. The van der Waals surface area contributed by atoms with E-state index in [2.05, 4.69) is 27.6 Å². The Labute approximate surface area is 168 Å². The first-order valence-corrected chi connectivity index (χ1v) is 8.51. The predicted octanol–water partition coefficient (Wildman–Crippen LogP) is 2.78. The van der Waals surface area contributed by atoms with E-state index in [9.17, 15) is 4.39 Å². The second kappa shape index (κ2) is 14.3. The van der Waals surface area contributed by atoms with Crippen LogP contribution in [0.15, 0.2) is 23.2 Å². The SMILES string of the molecule is CCNC(=NCc1ccc(F)c(C)c1)NCCN(C)CCCOC.I. The third kappa shape index (κ3) is 10.6. The van der Waals surface area contributed by atoms with Crippen molar-refractivity contribution in [3.63, 3.8) is 0 Å². The van der Waals surface area contributed by atoms with Gasteiger partial charge in [-0.15, -0.1) is 24.0 Å². The number of nitrogens with one attached hydrogen (secondary N) is 2. The van der Waals surface area contributed by atoms with Gasteiger partial charge in [0.1, 0.15) is 5.82 Å². The number of halogens is 2. The van der Waals surface area contributed by atoms with Crippen LogP contribution >= 0.6 is 24.0 Å². The fraction of sp³-hybridized carbons (Fsp3) is 0.611. The lowest BCUT2D eigenvalue weighted by atomic mass is 10.1. The number of aliphatic imine (C=N–C) groups is 1. The molecule has 2 N–H and O–H groups in total. The van der Waals surface area contributed by atoms with Gasteiger partial charge in [0.25, 0.3) is 0 Å². The quantitative estimate of drug-likeness (QED) is 0.241. The summed E-state index contributed by atoms with van der Waals surface area (Å²) in [6, 6.07) is 5.11. The molecule has 0 aromatic heterocycles. The van der Waals surface area contributed by atoms with E-state index in [4.69, 9.17) is 4.74 Å². The van der Waals surface area contributed by atoms with Crippen LogP contribution in [0, 0.1) is 12.7 Å². The number of rotatable bonds is 10. The van der Waals surface area contributed by atoms with E-state index in [-0.39, 0.29) is 29.8 Å². The number of ether oxygens (including phenoxy) is 1. The molecule has 0 aliphatic rings. The zero-order valence-corrected chi connectivity index (χ0v) is 18.1. The zero-order valence-electron chi connectivity index (χ0n) is 15.8. The van der Waals surface area contributed by atoms with Crippen molar-refractivity contribution in [3.05, 3.63) is 35.1 Å².